The minimum atomic E-state index is 0.0316. The van der Waals surface area contributed by atoms with Crippen LogP contribution in [0.2, 0.25) is 0 Å². The molecule has 188 valence electrons. The number of carbonyl (C=O) groups excluding carboxylic acids is 2. The van der Waals surface area contributed by atoms with Crippen LogP contribution >= 0.6 is 0 Å². The highest BCUT2D eigenvalue weighted by atomic mass is 16.7. The van der Waals surface area contributed by atoms with E-state index in [-0.39, 0.29) is 24.0 Å². The standard InChI is InChI=1S/C29H33N3O4/c33-27(23-8-9-25-26(19-23)36-21-35-25)31-13-10-29(11-14-31)20-24(29)28(34)32-17-15-30(16-18-32)12-4-7-22-5-2-1-3-6-22/h1-9,19,24H,10-18,20-21H2. The van der Waals surface area contributed by atoms with Crippen LogP contribution in [0.25, 0.3) is 6.08 Å². The second-order valence-electron chi connectivity index (χ2n) is 10.4. The van der Waals surface area contributed by atoms with Crippen molar-refractivity contribution in [2.24, 2.45) is 11.3 Å². The molecule has 1 unspecified atom stereocenters. The summed E-state index contributed by atoms with van der Waals surface area (Å²) in [5.41, 5.74) is 1.95. The van der Waals surface area contributed by atoms with Crippen molar-refractivity contribution in [3.05, 3.63) is 65.7 Å². The third-order valence-electron chi connectivity index (χ3n) is 8.31. The Hall–Kier alpha value is -3.32. The van der Waals surface area contributed by atoms with Crippen molar-refractivity contribution < 1.29 is 19.1 Å². The SMILES string of the molecule is O=C(c1ccc2c(c1)OCO2)N1CCC2(CC1)CC2C(=O)N1CCN(CC=Cc2ccccc2)CC1. The van der Waals surface area contributed by atoms with Crippen molar-refractivity contribution in [3.8, 4) is 11.5 Å². The van der Waals surface area contributed by atoms with E-state index in [4.69, 9.17) is 9.47 Å². The molecule has 36 heavy (non-hydrogen) atoms. The van der Waals surface area contributed by atoms with Gasteiger partial charge in [-0.2, -0.15) is 0 Å². The molecule has 3 heterocycles. The molecular formula is C29H33N3O4. The number of benzene rings is 2. The first-order chi connectivity index (χ1) is 17.6. The van der Waals surface area contributed by atoms with E-state index >= 15 is 0 Å². The summed E-state index contributed by atoms with van der Waals surface area (Å²) in [6, 6.07) is 15.7. The predicted molar refractivity (Wildman–Crippen MR) is 137 cm³/mol. The number of rotatable bonds is 5. The Bertz CT molecular complexity index is 1150. The van der Waals surface area contributed by atoms with Crippen LogP contribution < -0.4 is 9.47 Å². The first-order valence-corrected chi connectivity index (χ1v) is 13.0. The lowest BCUT2D eigenvalue weighted by molar-refractivity contribution is -0.135. The van der Waals surface area contributed by atoms with Gasteiger partial charge in [0.1, 0.15) is 0 Å². The molecule has 2 aromatic carbocycles. The van der Waals surface area contributed by atoms with Crippen molar-refractivity contribution >= 4 is 17.9 Å². The lowest BCUT2D eigenvalue weighted by Crippen LogP contribution is -2.49. The fourth-order valence-electron chi connectivity index (χ4n) is 5.89. The third kappa shape index (κ3) is 4.60. The maximum absolute atomic E-state index is 13.3. The van der Waals surface area contributed by atoms with Gasteiger partial charge in [0.2, 0.25) is 12.7 Å². The van der Waals surface area contributed by atoms with Gasteiger partial charge in [-0.3, -0.25) is 14.5 Å². The first kappa shape index (κ1) is 23.1. The summed E-state index contributed by atoms with van der Waals surface area (Å²) in [6.45, 7) is 5.98. The van der Waals surface area contributed by atoms with E-state index in [9.17, 15) is 9.59 Å². The summed E-state index contributed by atoms with van der Waals surface area (Å²) < 4.78 is 10.8. The Kier molecular flexibility index (Phi) is 6.17. The quantitative estimate of drug-likeness (QED) is 0.646. The highest BCUT2D eigenvalue weighted by molar-refractivity contribution is 5.95. The molecule has 4 aliphatic rings. The van der Waals surface area contributed by atoms with Crippen LogP contribution in [0.15, 0.2) is 54.6 Å². The number of piperidine rings is 1. The highest BCUT2D eigenvalue weighted by Gasteiger charge is 2.59. The molecule has 6 rings (SSSR count). The summed E-state index contributed by atoms with van der Waals surface area (Å²) in [4.78, 5) is 32.7. The summed E-state index contributed by atoms with van der Waals surface area (Å²) >= 11 is 0. The van der Waals surface area contributed by atoms with Crippen LogP contribution in [-0.4, -0.2) is 79.1 Å². The Balaban J connectivity index is 0.962. The fourth-order valence-corrected chi connectivity index (χ4v) is 5.89. The Morgan fingerprint density at radius 1 is 0.889 bits per heavy atom. The minimum Gasteiger partial charge on any atom is -0.454 e. The summed E-state index contributed by atoms with van der Waals surface area (Å²) in [7, 11) is 0. The molecule has 1 aliphatic carbocycles. The molecule has 0 N–H and O–H groups in total. The number of hydrogen-bond donors (Lipinski definition) is 0. The lowest BCUT2D eigenvalue weighted by Gasteiger charge is -2.36. The van der Waals surface area contributed by atoms with E-state index < -0.39 is 0 Å². The van der Waals surface area contributed by atoms with Gasteiger partial charge >= 0.3 is 0 Å². The Morgan fingerprint density at radius 3 is 2.42 bits per heavy atom. The average Bonchev–Trinajstić information content (AvgIpc) is 3.40. The number of carbonyl (C=O) groups is 2. The van der Waals surface area contributed by atoms with Crippen LogP contribution in [0.5, 0.6) is 11.5 Å². The number of amides is 2. The largest absolute Gasteiger partial charge is 0.454 e. The number of fused-ring (bicyclic) bond motifs is 1. The number of piperazine rings is 1. The van der Waals surface area contributed by atoms with E-state index in [0.717, 1.165) is 52.0 Å². The maximum atomic E-state index is 13.3. The van der Waals surface area contributed by atoms with Crippen LogP contribution in [0.4, 0.5) is 0 Å². The number of hydrogen-bond acceptors (Lipinski definition) is 5. The fraction of sp³-hybridized carbons (Fsp3) is 0.448. The maximum Gasteiger partial charge on any atom is 0.253 e. The molecule has 7 nitrogen and oxygen atoms in total. The van der Waals surface area contributed by atoms with Gasteiger partial charge in [-0.05, 0) is 48.4 Å². The van der Waals surface area contributed by atoms with Gasteiger partial charge in [0.15, 0.2) is 11.5 Å². The van der Waals surface area contributed by atoms with Crippen molar-refractivity contribution in [3.63, 3.8) is 0 Å². The second-order valence-corrected chi connectivity index (χ2v) is 10.4. The molecular weight excluding hydrogens is 454 g/mol. The Labute approximate surface area is 212 Å². The van der Waals surface area contributed by atoms with Gasteiger partial charge in [-0.25, -0.2) is 0 Å². The zero-order valence-corrected chi connectivity index (χ0v) is 20.6. The molecule has 7 heteroatoms. The molecule has 0 aromatic heterocycles. The minimum absolute atomic E-state index is 0.0316. The van der Waals surface area contributed by atoms with E-state index in [1.165, 1.54) is 5.56 Å². The molecule has 3 aliphatic heterocycles. The van der Waals surface area contributed by atoms with Gasteiger partial charge in [0.25, 0.3) is 5.91 Å². The smallest absolute Gasteiger partial charge is 0.253 e. The zero-order valence-electron chi connectivity index (χ0n) is 20.6. The van der Waals surface area contributed by atoms with E-state index in [0.29, 0.717) is 36.1 Å². The zero-order chi connectivity index (χ0) is 24.5. The van der Waals surface area contributed by atoms with Gasteiger partial charge in [-0.15, -0.1) is 0 Å². The molecule has 2 amide bonds. The van der Waals surface area contributed by atoms with E-state index in [2.05, 4.69) is 46.2 Å². The monoisotopic (exact) mass is 487 g/mol. The predicted octanol–water partition coefficient (Wildman–Crippen LogP) is 3.52. The normalized spacial score (nSPS) is 22.8. The molecule has 0 bridgehead atoms. The van der Waals surface area contributed by atoms with E-state index in [1.54, 1.807) is 18.2 Å². The van der Waals surface area contributed by atoms with Crippen molar-refractivity contribution in [1.29, 1.82) is 0 Å². The van der Waals surface area contributed by atoms with Crippen LogP contribution in [0.3, 0.4) is 0 Å². The number of likely N-dealkylation sites (tertiary alicyclic amines) is 1. The Morgan fingerprint density at radius 2 is 1.64 bits per heavy atom. The van der Waals surface area contributed by atoms with Gasteiger partial charge < -0.3 is 19.3 Å². The highest BCUT2D eigenvalue weighted by Crippen LogP contribution is 2.60. The molecule has 2 saturated heterocycles. The van der Waals surface area contributed by atoms with Crippen molar-refractivity contribution in [1.82, 2.24) is 14.7 Å². The van der Waals surface area contributed by atoms with Gasteiger partial charge in [0, 0.05) is 57.3 Å². The summed E-state index contributed by atoms with van der Waals surface area (Å²) in [5, 5.41) is 0. The molecule has 1 saturated carbocycles. The summed E-state index contributed by atoms with van der Waals surface area (Å²) in [5.74, 6) is 1.81. The second kappa shape index (κ2) is 9.62. The van der Waals surface area contributed by atoms with Gasteiger partial charge in [0.05, 0.1) is 0 Å². The van der Waals surface area contributed by atoms with Crippen LogP contribution in [0, 0.1) is 11.3 Å². The van der Waals surface area contributed by atoms with Crippen molar-refractivity contribution in [2.75, 3.05) is 52.6 Å². The molecule has 2 aromatic rings. The lowest BCUT2D eigenvalue weighted by atomic mass is 9.90. The molecule has 0 radical (unpaired) electrons. The average molecular weight is 488 g/mol. The van der Waals surface area contributed by atoms with Crippen LogP contribution in [0.1, 0.15) is 35.2 Å². The third-order valence-corrected chi connectivity index (χ3v) is 8.31. The van der Waals surface area contributed by atoms with Gasteiger partial charge in [-0.1, -0.05) is 42.5 Å². The van der Waals surface area contributed by atoms with E-state index in [1.807, 2.05) is 11.0 Å². The first-order valence-electron chi connectivity index (χ1n) is 13.0. The molecule has 3 fully saturated rings. The van der Waals surface area contributed by atoms with Crippen LogP contribution in [-0.2, 0) is 4.79 Å². The number of ether oxygens (including phenoxy) is 2. The molecule has 1 atom stereocenters. The van der Waals surface area contributed by atoms with Crippen molar-refractivity contribution in [2.45, 2.75) is 19.3 Å². The molecule has 1 spiro atoms. The number of nitrogens with zero attached hydrogens (tertiary/aromatic N) is 3. The summed E-state index contributed by atoms with van der Waals surface area (Å²) in [6.07, 6.45) is 7.16. The topological polar surface area (TPSA) is 62.3 Å².